The fourth-order valence-electron chi connectivity index (χ4n) is 3.61. The molecule has 2 aromatic carbocycles. The van der Waals surface area contributed by atoms with Crippen molar-refractivity contribution in [2.24, 2.45) is 4.99 Å². The number of aromatic nitrogens is 2. The van der Waals surface area contributed by atoms with Crippen LogP contribution in [0.2, 0.25) is 0 Å². The van der Waals surface area contributed by atoms with Gasteiger partial charge in [0.1, 0.15) is 18.4 Å². The van der Waals surface area contributed by atoms with Crippen LogP contribution >= 0.6 is 0 Å². The third-order valence-corrected chi connectivity index (χ3v) is 5.35. The van der Waals surface area contributed by atoms with Crippen LogP contribution in [0.5, 0.6) is 11.6 Å². The first-order valence-corrected chi connectivity index (χ1v) is 11.3. The number of pyridine rings is 2. The number of ether oxygens (including phenoxy) is 2. The molecule has 1 N–H and O–H groups in total. The molecule has 10 nitrogen and oxygen atoms in total. The fourth-order valence-corrected chi connectivity index (χ4v) is 3.61. The van der Waals surface area contributed by atoms with E-state index >= 15 is 0 Å². The predicted molar refractivity (Wildman–Crippen MR) is 145 cm³/mol. The Morgan fingerprint density at radius 3 is 2.76 bits per heavy atom. The molecule has 0 spiro atoms. The molecule has 4 aromatic rings. The topological polar surface area (TPSA) is 136 Å². The minimum atomic E-state index is -0.581. The van der Waals surface area contributed by atoms with Crippen LogP contribution in [0.25, 0.3) is 10.9 Å². The first kappa shape index (κ1) is 25.5. The number of allylic oxidation sites excluding steroid dienone is 1. The van der Waals surface area contributed by atoms with E-state index in [4.69, 9.17) is 9.47 Å². The van der Waals surface area contributed by atoms with Gasteiger partial charge in [0, 0.05) is 36.0 Å². The number of aryl methyl sites for hydroxylation is 1. The van der Waals surface area contributed by atoms with Gasteiger partial charge in [0.15, 0.2) is 0 Å². The summed E-state index contributed by atoms with van der Waals surface area (Å²) in [5.41, 5.74) is 3.31. The molecule has 0 bridgehead atoms. The third kappa shape index (κ3) is 5.98. The van der Waals surface area contributed by atoms with Crippen molar-refractivity contribution in [2.45, 2.75) is 13.5 Å². The van der Waals surface area contributed by atoms with E-state index in [2.05, 4.69) is 39.6 Å². The largest absolute Gasteiger partial charge is 0.473 e. The van der Waals surface area contributed by atoms with Crippen LogP contribution in [0.15, 0.2) is 90.5 Å². The number of nitrogens with one attached hydrogen (secondary N) is 1. The summed E-state index contributed by atoms with van der Waals surface area (Å²) in [6, 6.07) is 16.2. The van der Waals surface area contributed by atoms with Gasteiger partial charge in [-0.05, 0) is 31.3 Å². The van der Waals surface area contributed by atoms with E-state index in [1.165, 1.54) is 30.6 Å². The lowest BCUT2D eigenvalue weighted by atomic mass is 10.1. The van der Waals surface area contributed by atoms with Gasteiger partial charge in [-0.1, -0.05) is 36.4 Å². The molecule has 0 atom stereocenters. The molecular weight excluding hydrogens is 484 g/mol. The third-order valence-electron chi connectivity index (χ3n) is 5.35. The quantitative estimate of drug-likeness (QED) is 0.0889. The van der Waals surface area contributed by atoms with Crippen molar-refractivity contribution >= 4 is 34.7 Å². The van der Waals surface area contributed by atoms with Crippen molar-refractivity contribution in [3.63, 3.8) is 0 Å². The molecule has 0 aliphatic rings. The molecule has 38 heavy (non-hydrogen) atoms. The SMILES string of the molecule is C=N/C=C\C(=C)Oc1cc2ncc(C#N)c(Nc3ccc(OCc4cccc(C)c4)nc3)c2cc1[N+](=O)[O-]. The zero-order valence-electron chi connectivity index (χ0n) is 20.4. The minimum absolute atomic E-state index is 0.0545. The van der Waals surface area contributed by atoms with Gasteiger partial charge in [0.2, 0.25) is 11.6 Å². The molecule has 0 amide bonds. The van der Waals surface area contributed by atoms with E-state index in [0.29, 0.717) is 34.8 Å². The summed E-state index contributed by atoms with van der Waals surface area (Å²) in [5, 5.41) is 25.0. The predicted octanol–water partition coefficient (Wildman–Crippen LogP) is 6.15. The molecule has 10 heteroatoms. The normalized spacial score (nSPS) is 10.6. The molecule has 0 aliphatic carbocycles. The second-order valence-electron chi connectivity index (χ2n) is 8.11. The van der Waals surface area contributed by atoms with E-state index in [-0.39, 0.29) is 22.8 Å². The van der Waals surface area contributed by atoms with Crippen LogP contribution in [0.1, 0.15) is 16.7 Å². The smallest absolute Gasteiger partial charge is 0.312 e. The monoisotopic (exact) mass is 506 g/mol. The number of nitrogens with zero attached hydrogens (tertiary/aromatic N) is 5. The number of nitriles is 1. The molecule has 0 aliphatic heterocycles. The van der Waals surface area contributed by atoms with Crippen molar-refractivity contribution in [3.8, 4) is 17.7 Å². The van der Waals surface area contributed by atoms with Gasteiger partial charge < -0.3 is 14.8 Å². The summed E-state index contributed by atoms with van der Waals surface area (Å²) in [6.07, 6.45) is 5.70. The Labute approximate surface area is 218 Å². The van der Waals surface area contributed by atoms with Crippen molar-refractivity contribution in [1.82, 2.24) is 9.97 Å². The molecule has 2 aromatic heterocycles. The Kier molecular flexibility index (Phi) is 7.69. The highest BCUT2D eigenvalue weighted by atomic mass is 16.6. The molecule has 0 fully saturated rings. The maximum atomic E-state index is 11.8. The Bertz CT molecular complexity index is 1610. The number of nitro benzene ring substituents is 1. The Morgan fingerprint density at radius 2 is 2.08 bits per heavy atom. The van der Waals surface area contributed by atoms with Crippen LogP contribution in [-0.2, 0) is 6.61 Å². The van der Waals surface area contributed by atoms with Gasteiger partial charge >= 0.3 is 5.69 Å². The van der Waals surface area contributed by atoms with Gasteiger partial charge in [0.05, 0.1) is 33.6 Å². The van der Waals surface area contributed by atoms with Crippen molar-refractivity contribution < 1.29 is 14.4 Å². The Morgan fingerprint density at radius 1 is 1.24 bits per heavy atom. The van der Waals surface area contributed by atoms with Crippen molar-refractivity contribution in [3.05, 3.63) is 112 Å². The summed E-state index contributed by atoms with van der Waals surface area (Å²) in [7, 11) is 0. The van der Waals surface area contributed by atoms with Gasteiger partial charge in [0.25, 0.3) is 0 Å². The molecule has 4 rings (SSSR count). The van der Waals surface area contributed by atoms with E-state index in [1.54, 1.807) is 18.3 Å². The lowest BCUT2D eigenvalue weighted by Crippen LogP contribution is -2.01. The first-order chi connectivity index (χ1) is 18.4. The van der Waals surface area contributed by atoms with Crippen LogP contribution in [0.4, 0.5) is 17.1 Å². The van der Waals surface area contributed by atoms with E-state index in [1.807, 2.05) is 31.2 Å². The number of anilines is 2. The van der Waals surface area contributed by atoms with Crippen molar-refractivity contribution in [2.75, 3.05) is 5.32 Å². The van der Waals surface area contributed by atoms with E-state index in [0.717, 1.165) is 11.1 Å². The maximum Gasteiger partial charge on any atom is 0.312 e. The van der Waals surface area contributed by atoms with Gasteiger partial charge in [-0.25, -0.2) is 4.98 Å². The number of benzene rings is 2. The van der Waals surface area contributed by atoms with Gasteiger partial charge in [-0.15, -0.1) is 0 Å². The summed E-state index contributed by atoms with van der Waals surface area (Å²) in [4.78, 5) is 23.4. The summed E-state index contributed by atoms with van der Waals surface area (Å²) >= 11 is 0. The Balaban J connectivity index is 1.63. The number of fused-ring (bicyclic) bond motifs is 1. The number of aliphatic imine (C=N–C) groups is 1. The number of rotatable bonds is 10. The van der Waals surface area contributed by atoms with E-state index < -0.39 is 4.92 Å². The molecular formula is C28H22N6O4. The van der Waals surface area contributed by atoms with Crippen LogP contribution < -0.4 is 14.8 Å². The van der Waals surface area contributed by atoms with Crippen LogP contribution in [-0.4, -0.2) is 21.6 Å². The zero-order valence-corrected chi connectivity index (χ0v) is 20.4. The van der Waals surface area contributed by atoms with Gasteiger partial charge in [-0.2, -0.15) is 5.26 Å². The van der Waals surface area contributed by atoms with E-state index in [9.17, 15) is 15.4 Å². The fraction of sp³-hybridized carbons (Fsp3) is 0.0714. The first-order valence-electron chi connectivity index (χ1n) is 11.3. The number of hydrogen-bond acceptors (Lipinski definition) is 9. The highest BCUT2D eigenvalue weighted by Gasteiger charge is 2.21. The Hall–Kier alpha value is -5.56. The van der Waals surface area contributed by atoms with Gasteiger partial charge in [-0.3, -0.25) is 20.1 Å². The summed E-state index contributed by atoms with van der Waals surface area (Å²) < 4.78 is 11.3. The highest BCUT2D eigenvalue weighted by Crippen LogP contribution is 2.37. The van der Waals surface area contributed by atoms with Crippen LogP contribution in [0.3, 0.4) is 0 Å². The molecule has 0 saturated heterocycles. The molecule has 0 radical (unpaired) electrons. The zero-order chi connectivity index (χ0) is 27.1. The second kappa shape index (κ2) is 11.5. The molecule has 2 heterocycles. The second-order valence-corrected chi connectivity index (χ2v) is 8.11. The standard InChI is InChI=1S/C28H22N6O4/c1-18-5-4-6-20(11-18)17-37-27-8-7-22(16-32-27)33-28-21(14-29)15-31-24-13-26(38-19(2)9-10-30-3)25(34(35)36)12-23(24)28/h4-13,15-16H,2-3,17H2,1H3,(H,31,33)/b10-9-. The summed E-state index contributed by atoms with van der Waals surface area (Å²) in [5.74, 6) is 0.499. The highest BCUT2D eigenvalue weighted by molar-refractivity contribution is 5.98. The average molecular weight is 507 g/mol. The summed E-state index contributed by atoms with van der Waals surface area (Å²) in [6.45, 7) is 9.40. The minimum Gasteiger partial charge on any atom is -0.473 e. The number of nitro groups is 1. The lowest BCUT2D eigenvalue weighted by molar-refractivity contribution is -0.385. The molecule has 188 valence electrons. The average Bonchev–Trinajstić information content (AvgIpc) is 2.91. The van der Waals surface area contributed by atoms with Crippen molar-refractivity contribution in [1.29, 1.82) is 5.26 Å². The molecule has 0 unspecified atom stereocenters. The maximum absolute atomic E-state index is 11.8. The lowest BCUT2D eigenvalue weighted by Gasteiger charge is -2.13. The molecule has 0 saturated carbocycles. The number of hydrogen-bond donors (Lipinski definition) is 1. The van der Waals surface area contributed by atoms with Crippen LogP contribution in [0, 0.1) is 28.4 Å².